The van der Waals surface area contributed by atoms with Gasteiger partial charge in [0.05, 0.1) is 0 Å². The van der Waals surface area contributed by atoms with Crippen LogP contribution in [0.5, 0.6) is 0 Å². The smallest absolute Gasteiger partial charge is 0.316 e. The number of rotatable bonds is 9. The second kappa shape index (κ2) is 18.2. The topological polar surface area (TPSA) is 16.2 Å². The van der Waals surface area contributed by atoms with Crippen molar-refractivity contribution in [3.63, 3.8) is 0 Å². The molecule has 0 N–H and O–H groups in total. The Labute approximate surface area is 462 Å². The van der Waals surface area contributed by atoms with Crippen LogP contribution in [0.4, 0.5) is 73.9 Å². The minimum Gasteiger partial charge on any atom is -0.444 e. The van der Waals surface area contributed by atoms with Gasteiger partial charge in [-0.25, -0.2) is 0 Å². The highest BCUT2D eigenvalue weighted by Gasteiger charge is 2.54. The SMILES string of the molecule is c1ccc(-c2cc3c4c(c2)-c2cc(N(c5ccccc5)c5ccccc5)cc5c2B(c2ccccc2N5c2ccccc2)N4B2c4ccccc4N(c4ccccc4)c4cc(N(c5ccccc5)c5ccccc5)cc-3c42)cc1. The van der Waals surface area contributed by atoms with E-state index in [1.54, 1.807) is 0 Å². The Morgan fingerprint density at radius 3 is 0.962 bits per heavy atom. The van der Waals surface area contributed by atoms with E-state index in [0.29, 0.717) is 0 Å². The van der Waals surface area contributed by atoms with E-state index in [4.69, 9.17) is 0 Å². The third-order valence-electron chi connectivity index (χ3n) is 16.5. The minimum atomic E-state index is -0.182. The van der Waals surface area contributed by atoms with E-state index in [9.17, 15) is 0 Å². The van der Waals surface area contributed by atoms with Crippen LogP contribution >= 0.6 is 0 Å². The molecule has 0 fully saturated rings. The monoisotopic (exact) mass is 1010 g/mol. The summed E-state index contributed by atoms with van der Waals surface area (Å²) >= 11 is 0. The molecule has 7 heteroatoms. The van der Waals surface area contributed by atoms with Crippen molar-refractivity contribution < 1.29 is 0 Å². The highest BCUT2D eigenvalue weighted by molar-refractivity contribution is 7.09. The van der Waals surface area contributed by atoms with Gasteiger partial charge in [-0.1, -0.05) is 176 Å². The van der Waals surface area contributed by atoms with Crippen LogP contribution in [-0.4, -0.2) is 13.7 Å². The fourth-order valence-corrected chi connectivity index (χ4v) is 13.3. The molecule has 79 heavy (non-hydrogen) atoms. The molecule has 4 aliphatic heterocycles. The minimum absolute atomic E-state index is 0.182. The second-order valence-electron chi connectivity index (χ2n) is 20.8. The summed E-state index contributed by atoms with van der Waals surface area (Å²) in [4.78, 5) is 9.91. The van der Waals surface area contributed by atoms with Crippen LogP contribution in [-0.2, 0) is 0 Å². The molecule has 0 unspecified atom stereocenters. The van der Waals surface area contributed by atoms with Gasteiger partial charge in [0.1, 0.15) is 0 Å². The molecule has 0 saturated heterocycles. The van der Waals surface area contributed by atoms with E-state index in [-0.39, 0.29) is 13.7 Å². The van der Waals surface area contributed by atoms with Crippen molar-refractivity contribution in [2.75, 3.05) is 24.3 Å². The van der Waals surface area contributed by atoms with Gasteiger partial charge < -0.3 is 24.3 Å². The predicted molar refractivity (Wildman–Crippen MR) is 334 cm³/mol. The highest BCUT2D eigenvalue weighted by Crippen LogP contribution is 2.55. The van der Waals surface area contributed by atoms with Gasteiger partial charge in [0.2, 0.25) is 0 Å². The summed E-state index contributed by atoms with van der Waals surface area (Å²) in [5, 5.41) is 0. The molecule has 0 saturated carbocycles. The molecule has 0 atom stereocenters. The lowest BCUT2D eigenvalue weighted by Crippen LogP contribution is -2.74. The lowest BCUT2D eigenvalue weighted by molar-refractivity contribution is 1.24. The average Bonchev–Trinajstić information content (AvgIpc) is 2.59. The van der Waals surface area contributed by atoms with Crippen LogP contribution in [0, 0.1) is 0 Å². The molecule has 4 heterocycles. The Bertz CT molecular complexity index is 3950. The molecule has 0 spiro atoms. The first kappa shape index (κ1) is 45.0. The number of para-hydroxylation sites is 8. The maximum atomic E-state index is 2.84. The molecule has 0 amide bonds. The lowest BCUT2D eigenvalue weighted by atomic mass is 9.32. The van der Waals surface area contributed by atoms with E-state index in [1.807, 2.05) is 0 Å². The van der Waals surface area contributed by atoms with Crippen molar-refractivity contribution in [1.82, 2.24) is 0 Å². The number of benzene rings is 12. The van der Waals surface area contributed by atoms with Gasteiger partial charge in [0.15, 0.2) is 0 Å². The molecule has 4 aliphatic rings. The summed E-state index contributed by atoms with van der Waals surface area (Å²) in [6, 6.07) is 110. The molecule has 0 aromatic heterocycles. The molecule has 0 radical (unpaired) electrons. The molecule has 5 nitrogen and oxygen atoms in total. The molecular formula is C72H49B2N5. The number of nitrogens with zero attached hydrogens (tertiary/aromatic N) is 5. The van der Waals surface area contributed by atoms with Crippen molar-refractivity contribution in [1.29, 1.82) is 0 Å². The van der Waals surface area contributed by atoms with Gasteiger partial charge in [-0.3, -0.25) is 0 Å². The zero-order chi connectivity index (χ0) is 52.0. The summed E-state index contributed by atoms with van der Waals surface area (Å²) in [5.74, 6) is 0. The summed E-state index contributed by atoms with van der Waals surface area (Å²) in [5.41, 5.74) is 27.0. The Morgan fingerprint density at radius 2 is 0.582 bits per heavy atom. The number of fused-ring (bicyclic) bond motifs is 8. The van der Waals surface area contributed by atoms with Crippen LogP contribution < -0.4 is 46.2 Å². The summed E-state index contributed by atoms with van der Waals surface area (Å²) in [7, 11) is 0. The summed E-state index contributed by atoms with van der Waals surface area (Å²) in [6.07, 6.45) is 0. The van der Waals surface area contributed by atoms with Gasteiger partial charge >= 0.3 is 13.7 Å². The first-order valence-electron chi connectivity index (χ1n) is 27.3. The third kappa shape index (κ3) is 7.06. The van der Waals surface area contributed by atoms with Crippen LogP contribution in [0.3, 0.4) is 0 Å². The number of anilines is 13. The Kier molecular flexibility index (Phi) is 10.4. The van der Waals surface area contributed by atoms with Crippen LogP contribution in [0.2, 0.25) is 0 Å². The van der Waals surface area contributed by atoms with Crippen molar-refractivity contribution in [3.05, 3.63) is 297 Å². The zero-order valence-corrected chi connectivity index (χ0v) is 43.2. The highest BCUT2D eigenvalue weighted by atomic mass is 15.2. The van der Waals surface area contributed by atoms with E-state index in [2.05, 4.69) is 322 Å². The fourth-order valence-electron chi connectivity index (χ4n) is 13.3. The number of hydrogen-bond acceptors (Lipinski definition) is 5. The van der Waals surface area contributed by atoms with E-state index in [1.165, 1.54) is 72.3 Å². The molecule has 0 bridgehead atoms. The Morgan fingerprint density at radius 1 is 0.253 bits per heavy atom. The quantitative estimate of drug-likeness (QED) is 0.134. The van der Waals surface area contributed by atoms with Crippen molar-refractivity contribution in [2.45, 2.75) is 0 Å². The second-order valence-corrected chi connectivity index (χ2v) is 20.8. The van der Waals surface area contributed by atoms with Gasteiger partial charge in [-0.15, -0.1) is 0 Å². The normalized spacial score (nSPS) is 12.9. The van der Waals surface area contributed by atoms with Crippen LogP contribution in [0.1, 0.15) is 0 Å². The summed E-state index contributed by atoms with van der Waals surface area (Å²) in [6.45, 7) is -0.365. The fraction of sp³-hybridized carbons (Fsp3) is 0. The Balaban J connectivity index is 1.07. The maximum absolute atomic E-state index is 2.84. The van der Waals surface area contributed by atoms with Gasteiger partial charge in [0, 0.05) is 85.1 Å². The first-order chi connectivity index (χ1) is 39.2. The van der Waals surface area contributed by atoms with Crippen LogP contribution in [0.25, 0.3) is 33.4 Å². The average molecular weight is 1010 g/mol. The van der Waals surface area contributed by atoms with Gasteiger partial charge in [0.25, 0.3) is 0 Å². The number of hydrogen-bond donors (Lipinski definition) is 0. The molecule has 0 aliphatic carbocycles. The van der Waals surface area contributed by atoms with E-state index in [0.717, 1.165) is 56.9 Å². The first-order valence-corrected chi connectivity index (χ1v) is 27.3. The largest absolute Gasteiger partial charge is 0.444 e. The molecule has 12 aromatic carbocycles. The van der Waals surface area contributed by atoms with E-state index >= 15 is 0 Å². The maximum Gasteiger partial charge on any atom is 0.316 e. The molecule has 368 valence electrons. The zero-order valence-electron chi connectivity index (χ0n) is 43.2. The molecular weight excluding hydrogens is 956 g/mol. The van der Waals surface area contributed by atoms with E-state index < -0.39 is 0 Å². The molecule has 12 aromatic rings. The third-order valence-corrected chi connectivity index (χ3v) is 16.5. The molecule has 16 rings (SSSR count). The summed E-state index contributed by atoms with van der Waals surface area (Å²) < 4.78 is 2.84. The predicted octanol–water partition coefficient (Wildman–Crippen LogP) is 16.2. The van der Waals surface area contributed by atoms with Crippen molar-refractivity contribution in [2.24, 2.45) is 0 Å². The Hall–Kier alpha value is -10.2. The van der Waals surface area contributed by atoms with Crippen molar-refractivity contribution in [3.8, 4) is 33.4 Å². The lowest BCUT2D eigenvalue weighted by Gasteiger charge is -2.53. The van der Waals surface area contributed by atoms with Gasteiger partial charge in [-0.2, -0.15) is 0 Å². The standard InChI is InChI=1S/C72H49B2N5/c1-8-26-50(27-9-1)51-44-62-60-46-58(75(52-28-10-2-11-29-52)53-30-12-3-13-31-53)48-68-70(60)73(64-40-22-24-42-66(64)77(68)56-36-18-6-19-37-56)79-72(62)63(45-51)61-47-59(76(54-32-14-4-15-33-54)55-34-16-5-17-35-55)49-69-71(61)74(79)65-41-23-25-43-67(65)78(69)57-38-20-7-21-39-57/h1-49H. The van der Waals surface area contributed by atoms with Gasteiger partial charge in [-0.05, 0) is 165 Å². The van der Waals surface area contributed by atoms with Crippen molar-refractivity contribution >= 4 is 109 Å². The van der Waals surface area contributed by atoms with Crippen LogP contribution in [0.15, 0.2) is 297 Å².